The zero-order valence-corrected chi connectivity index (χ0v) is 17.2. The molecule has 30 heavy (non-hydrogen) atoms. The molecule has 0 spiro atoms. The van der Waals surface area contributed by atoms with Gasteiger partial charge in [-0.15, -0.1) is 0 Å². The summed E-state index contributed by atoms with van der Waals surface area (Å²) in [6, 6.07) is 10.6. The summed E-state index contributed by atoms with van der Waals surface area (Å²) in [6.45, 7) is 4.24. The second kappa shape index (κ2) is 9.31. The monoisotopic (exact) mass is 429 g/mol. The number of esters is 1. The Labute approximate surface area is 175 Å². The number of fused-ring (bicyclic) bond motifs is 1. The molecule has 0 unspecified atom stereocenters. The quantitative estimate of drug-likeness (QED) is 0.323. The molecule has 9 nitrogen and oxygen atoms in total. The highest BCUT2D eigenvalue weighted by Crippen LogP contribution is 2.24. The molecule has 0 bridgehead atoms. The average molecular weight is 429 g/mol. The highest BCUT2D eigenvalue weighted by Gasteiger charge is 2.14. The van der Waals surface area contributed by atoms with E-state index in [-0.39, 0.29) is 24.4 Å². The summed E-state index contributed by atoms with van der Waals surface area (Å²) in [7, 11) is 0. The van der Waals surface area contributed by atoms with Crippen molar-refractivity contribution in [3.8, 4) is 5.75 Å². The van der Waals surface area contributed by atoms with E-state index < -0.39 is 16.8 Å². The average Bonchev–Trinajstić information content (AvgIpc) is 3.04. The zero-order valence-electron chi connectivity index (χ0n) is 16.4. The first kappa shape index (κ1) is 21.2. The third-order valence-electron chi connectivity index (χ3n) is 4.08. The molecule has 0 radical (unpaired) electrons. The first-order valence-corrected chi connectivity index (χ1v) is 10.00. The van der Waals surface area contributed by atoms with E-state index >= 15 is 0 Å². The van der Waals surface area contributed by atoms with E-state index in [4.69, 9.17) is 9.47 Å². The molecule has 1 amide bonds. The van der Waals surface area contributed by atoms with E-state index in [9.17, 15) is 19.7 Å². The molecule has 0 aliphatic carbocycles. The number of nitro groups is 1. The van der Waals surface area contributed by atoms with Crippen LogP contribution in [0.2, 0.25) is 0 Å². The topological polar surface area (TPSA) is 113 Å². The van der Waals surface area contributed by atoms with Crippen molar-refractivity contribution in [3.63, 3.8) is 0 Å². The fourth-order valence-electron chi connectivity index (χ4n) is 2.76. The number of ether oxygens (including phenoxy) is 2. The van der Waals surface area contributed by atoms with E-state index in [1.54, 1.807) is 23.6 Å². The Balaban J connectivity index is 2.05. The second-order valence-corrected chi connectivity index (χ2v) is 7.07. The Morgan fingerprint density at radius 2 is 1.87 bits per heavy atom. The number of nitro benzene ring substituents is 1. The van der Waals surface area contributed by atoms with E-state index in [2.05, 4.69) is 4.99 Å². The molecule has 3 aromatic rings. The number of benzene rings is 2. The van der Waals surface area contributed by atoms with Gasteiger partial charge in [-0.25, -0.2) is 0 Å². The molecule has 0 atom stereocenters. The van der Waals surface area contributed by atoms with Gasteiger partial charge in [0.15, 0.2) is 4.80 Å². The smallest absolute Gasteiger partial charge is 0.326 e. The molecule has 10 heteroatoms. The molecule has 0 saturated heterocycles. The SMILES string of the molecule is CCOC(=O)Cn1c(=NC(=O)c2ccc([N+](=O)[O-])cc2)sc2cc(OCC)ccc21. The van der Waals surface area contributed by atoms with E-state index in [1.165, 1.54) is 35.6 Å². The van der Waals surface area contributed by atoms with Gasteiger partial charge in [-0.1, -0.05) is 11.3 Å². The van der Waals surface area contributed by atoms with Gasteiger partial charge in [0.1, 0.15) is 12.3 Å². The Morgan fingerprint density at radius 3 is 2.50 bits per heavy atom. The minimum atomic E-state index is -0.570. The molecule has 0 aliphatic heterocycles. The largest absolute Gasteiger partial charge is 0.494 e. The minimum absolute atomic E-state index is 0.103. The number of rotatable bonds is 7. The molecule has 0 aliphatic rings. The summed E-state index contributed by atoms with van der Waals surface area (Å²) in [5.41, 5.74) is 0.803. The van der Waals surface area contributed by atoms with Crippen LogP contribution in [-0.2, 0) is 16.1 Å². The number of thiazole rings is 1. The lowest BCUT2D eigenvalue weighted by Crippen LogP contribution is -2.23. The van der Waals surface area contributed by atoms with Crippen LogP contribution in [0.4, 0.5) is 5.69 Å². The summed E-state index contributed by atoms with van der Waals surface area (Å²) >= 11 is 1.23. The molecule has 0 saturated carbocycles. The highest BCUT2D eigenvalue weighted by atomic mass is 32.1. The third-order valence-corrected chi connectivity index (χ3v) is 5.12. The Hall–Kier alpha value is -3.53. The summed E-state index contributed by atoms with van der Waals surface area (Å²) in [5, 5.41) is 10.8. The maximum Gasteiger partial charge on any atom is 0.326 e. The fraction of sp³-hybridized carbons (Fsp3) is 0.250. The Kier molecular flexibility index (Phi) is 6.58. The fourth-order valence-corrected chi connectivity index (χ4v) is 3.82. The summed E-state index contributed by atoms with van der Waals surface area (Å²) in [6.07, 6.45) is 0. The number of carbonyl (C=O) groups is 2. The van der Waals surface area contributed by atoms with Crippen molar-refractivity contribution in [2.75, 3.05) is 13.2 Å². The van der Waals surface area contributed by atoms with Crippen molar-refractivity contribution in [1.82, 2.24) is 4.57 Å². The van der Waals surface area contributed by atoms with Gasteiger partial charge in [0.2, 0.25) is 0 Å². The van der Waals surface area contributed by atoms with Gasteiger partial charge in [-0.2, -0.15) is 4.99 Å². The zero-order chi connectivity index (χ0) is 21.7. The molecule has 156 valence electrons. The number of carbonyl (C=O) groups excluding carboxylic acids is 2. The van der Waals surface area contributed by atoms with Crippen LogP contribution in [0, 0.1) is 10.1 Å². The van der Waals surface area contributed by atoms with Crippen LogP contribution in [0.5, 0.6) is 5.75 Å². The second-order valence-electron chi connectivity index (χ2n) is 6.06. The number of non-ortho nitro benzene ring substituents is 1. The maximum atomic E-state index is 12.6. The van der Waals surface area contributed by atoms with Crippen molar-refractivity contribution in [2.24, 2.45) is 4.99 Å². The van der Waals surface area contributed by atoms with Gasteiger partial charge >= 0.3 is 5.97 Å². The van der Waals surface area contributed by atoms with Gasteiger partial charge in [-0.3, -0.25) is 19.7 Å². The Bertz CT molecular complexity index is 1160. The van der Waals surface area contributed by atoms with Crippen molar-refractivity contribution in [2.45, 2.75) is 20.4 Å². The predicted octanol–water partition coefficient (Wildman–Crippen LogP) is 3.31. The number of hydrogen-bond acceptors (Lipinski definition) is 7. The summed E-state index contributed by atoms with van der Waals surface area (Å²) in [4.78, 5) is 39.4. The highest BCUT2D eigenvalue weighted by molar-refractivity contribution is 7.16. The van der Waals surface area contributed by atoms with Crippen LogP contribution in [0.1, 0.15) is 24.2 Å². The van der Waals surface area contributed by atoms with Gasteiger partial charge < -0.3 is 14.0 Å². The van der Waals surface area contributed by atoms with Crippen molar-refractivity contribution in [1.29, 1.82) is 0 Å². The molecule has 2 aromatic carbocycles. The number of hydrogen-bond donors (Lipinski definition) is 0. The first-order chi connectivity index (χ1) is 14.4. The van der Waals surface area contributed by atoms with E-state index in [0.29, 0.717) is 22.7 Å². The number of aromatic nitrogens is 1. The van der Waals surface area contributed by atoms with Crippen LogP contribution >= 0.6 is 11.3 Å². The van der Waals surface area contributed by atoms with Crippen molar-refractivity contribution >= 4 is 39.1 Å². The van der Waals surface area contributed by atoms with Gasteiger partial charge in [0.25, 0.3) is 11.6 Å². The lowest BCUT2D eigenvalue weighted by atomic mass is 10.2. The van der Waals surface area contributed by atoms with Crippen LogP contribution < -0.4 is 9.54 Å². The van der Waals surface area contributed by atoms with Crippen LogP contribution in [0.15, 0.2) is 47.5 Å². The van der Waals surface area contributed by atoms with Crippen molar-refractivity contribution < 1.29 is 24.0 Å². The predicted molar refractivity (Wildman–Crippen MR) is 111 cm³/mol. The molecule has 1 heterocycles. The molecule has 0 fully saturated rings. The van der Waals surface area contributed by atoms with Gasteiger partial charge in [-0.05, 0) is 44.2 Å². The number of amides is 1. The molecule has 1 aromatic heterocycles. The van der Waals surface area contributed by atoms with E-state index in [1.807, 2.05) is 13.0 Å². The van der Waals surface area contributed by atoms with Gasteiger partial charge in [0, 0.05) is 17.7 Å². The lowest BCUT2D eigenvalue weighted by molar-refractivity contribution is -0.384. The maximum absolute atomic E-state index is 12.6. The molecule has 0 N–H and O–H groups in total. The molecular weight excluding hydrogens is 410 g/mol. The first-order valence-electron chi connectivity index (χ1n) is 9.18. The third kappa shape index (κ3) is 4.71. The minimum Gasteiger partial charge on any atom is -0.494 e. The standard InChI is InChI=1S/C20H19N3O6S/c1-3-28-15-9-10-16-17(11-15)30-20(22(16)12-18(24)29-4-2)21-19(25)13-5-7-14(8-6-13)23(26)27/h5-11H,3-4,12H2,1-2H3. The summed E-state index contributed by atoms with van der Waals surface area (Å²) in [5.74, 6) is -0.350. The van der Waals surface area contributed by atoms with Crippen LogP contribution in [-0.4, -0.2) is 34.6 Å². The molecular formula is C20H19N3O6S. The molecule has 3 rings (SSSR count). The lowest BCUT2D eigenvalue weighted by Gasteiger charge is -2.06. The van der Waals surface area contributed by atoms with Crippen LogP contribution in [0.3, 0.4) is 0 Å². The van der Waals surface area contributed by atoms with Gasteiger partial charge in [0.05, 0.1) is 28.4 Å². The Morgan fingerprint density at radius 1 is 1.13 bits per heavy atom. The summed E-state index contributed by atoms with van der Waals surface area (Å²) < 4.78 is 13.0. The van der Waals surface area contributed by atoms with Crippen molar-refractivity contribution in [3.05, 3.63) is 62.9 Å². The van der Waals surface area contributed by atoms with E-state index in [0.717, 1.165) is 4.70 Å². The number of nitrogens with zero attached hydrogens (tertiary/aromatic N) is 3. The van der Waals surface area contributed by atoms with Crippen LogP contribution in [0.25, 0.3) is 10.2 Å². The normalized spacial score (nSPS) is 11.5.